The van der Waals surface area contributed by atoms with E-state index in [1.165, 1.54) is 16.3 Å². The molecule has 0 amide bonds. The lowest BCUT2D eigenvalue weighted by molar-refractivity contribution is -0.157. The van der Waals surface area contributed by atoms with Gasteiger partial charge in [0, 0.05) is 11.6 Å². The topological polar surface area (TPSA) is 75.3 Å². The third-order valence-corrected chi connectivity index (χ3v) is 5.75. The molecule has 1 fully saturated rings. The van der Waals surface area contributed by atoms with Crippen LogP contribution in [0.3, 0.4) is 0 Å². The maximum Gasteiger partial charge on any atom is 0.354 e. The summed E-state index contributed by atoms with van der Waals surface area (Å²) < 4.78 is 13.9. The SMILES string of the molecule is C=C(COC1CCCCO1)Cn1c(=O)nc(SCC)n(Cc2ccc(Cl)cc2)c1=O. The van der Waals surface area contributed by atoms with Gasteiger partial charge in [-0.2, -0.15) is 4.98 Å². The normalized spacial score (nSPS) is 16.5. The van der Waals surface area contributed by atoms with Gasteiger partial charge in [0.2, 0.25) is 0 Å². The van der Waals surface area contributed by atoms with Crippen LogP contribution in [0, 0.1) is 0 Å². The zero-order valence-corrected chi connectivity index (χ0v) is 18.6. The predicted octanol–water partition coefficient (Wildman–Crippen LogP) is 3.32. The molecule has 1 aromatic carbocycles. The van der Waals surface area contributed by atoms with Gasteiger partial charge in [-0.15, -0.1) is 0 Å². The molecule has 0 radical (unpaired) electrons. The van der Waals surface area contributed by atoms with Gasteiger partial charge < -0.3 is 9.47 Å². The van der Waals surface area contributed by atoms with E-state index in [9.17, 15) is 9.59 Å². The number of halogens is 1. The molecule has 1 unspecified atom stereocenters. The first-order valence-electron chi connectivity index (χ1n) is 9.96. The summed E-state index contributed by atoms with van der Waals surface area (Å²) in [4.78, 5) is 29.8. The fourth-order valence-electron chi connectivity index (χ4n) is 3.12. The molecule has 30 heavy (non-hydrogen) atoms. The molecule has 2 heterocycles. The van der Waals surface area contributed by atoms with E-state index in [1.54, 1.807) is 12.1 Å². The molecule has 1 aliphatic rings. The number of hydrogen-bond donors (Lipinski definition) is 0. The van der Waals surface area contributed by atoms with Gasteiger partial charge in [-0.05, 0) is 48.3 Å². The molecule has 1 aliphatic heterocycles. The highest BCUT2D eigenvalue weighted by Crippen LogP contribution is 2.16. The standard InChI is InChI=1S/C21H26ClN3O4S/c1-3-30-20-23-19(26)24(12-15(2)14-29-18-6-4-5-11-28-18)21(27)25(20)13-16-7-9-17(22)10-8-16/h7-10,18H,2-6,11-14H2,1H3. The first kappa shape index (κ1) is 22.8. The van der Waals surface area contributed by atoms with Gasteiger partial charge in [0.25, 0.3) is 0 Å². The van der Waals surface area contributed by atoms with Crippen molar-refractivity contribution in [2.75, 3.05) is 19.0 Å². The number of ether oxygens (including phenoxy) is 2. The third kappa shape index (κ3) is 6.07. The first-order valence-corrected chi connectivity index (χ1v) is 11.3. The predicted molar refractivity (Wildman–Crippen MR) is 118 cm³/mol. The maximum atomic E-state index is 13.1. The van der Waals surface area contributed by atoms with Crippen molar-refractivity contribution < 1.29 is 9.47 Å². The van der Waals surface area contributed by atoms with E-state index in [0.29, 0.717) is 34.7 Å². The Balaban J connectivity index is 1.79. The van der Waals surface area contributed by atoms with Crippen LogP contribution >= 0.6 is 23.4 Å². The van der Waals surface area contributed by atoms with Crippen LogP contribution in [0.5, 0.6) is 0 Å². The van der Waals surface area contributed by atoms with Crippen LogP contribution < -0.4 is 11.4 Å². The van der Waals surface area contributed by atoms with Crippen molar-refractivity contribution in [1.29, 1.82) is 0 Å². The van der Waals surface area contributed by atoms with Crippen LogP contribution in [-0.2, 0) is 22.6 Å². The summed E-state index contributed by atoms with van der Waals surface area (Å²) in [5.74, 6) is 0.693. The second-order valence-electron chi connectivity index (χ2n) is 7.05. The Labute approximate surface area is 184 Å². The Kier molecular flexibility index (Phi) is 8.32. The Morgan fingerprint density at radius 2 is 2.07 bits per heavy atom. The lowest BCUT2D eigenvalue weighted by Crippen LogP contribution is -2.43. The molecule has 0 spiro atoms. The number of benzene rings is 1. The van der Waals surface area contributed by atoms with Gasteiger partial charge in [-0.1, -0.05) is 49.0 Å². The van der Waals surface area contributed by atoms with Crippen LogP contribution in [0.1, 0.15) is 31.7 Å². The largest absolute Gasteiger partial charge is 0.354 e. The Morgan fingerprint density at radius 3 is 2.73 bits per heavy atom. The summed E-state index contributed by atoms with van der Waals surface area (Å²) in [6.45, 7) is 7.16. The van der Waals surface area contributed by atoms with E-state index >= 15 is 0 Å². The quantitative estimate of drug-likeness (QED) is 0.430. The zero-order chi connectivity index (χ0) is 21.5. The minimum Gasteiger partial charge on any atom is -0.353 e. The molecule has 0 aliphatic carbocycles. The monoisotopic (exact) mass is 451 g/mol. The highest BCUT2D eigenvalue weighted by molar-refractivity contribution is 7.99. The van der Waals surface area contributed by atoms with E-state index in [4.69, 9.17) is 21.1 Å². The summed E-state index contributed by atoms with van der Waals surface area (Å²) in [5.41, 5.74) is 0.497. The average Bonchev–Trinajstić information content (AvgIpc) is 2.75. The molecule has 0 saturated carbocycles. The van der Waals surface area contributed by atoms with Gasteiger partial charge >= 0.3 is 11.4 Å². The number of rotatable bonds is 9. The Hall–Kier alpha value is -1.87. The van der Waals surface area contributed by atoms with E-state index in [-0.39, 0.29) is 19.4 Å². The van der Waals surface area contributed by atoms with E-state index in [0.717, 1.165) is 29.4 Å². The molecule has 1 saturated heterocycles. The fourth-order valence-corrected chi connectivity index (χ4v) is 3.94. The molecule has 0 bridgehead atoms. The highest BCUT2D eigenvalue weighted by Gasteiger charge is 2.17. The van der Waals surface area contributed by atoms with Gasteiger partial charge in [0.05, 0.1) is 19.7 Å². The summed E-state index contributed by atoms with van der Waals surface area (Å²) >= 11 is 7.31. The van der Waals surface area contributed by atoms with Crippen LogP contribution in [0.2, 0.25) is 5.02 Å². The summed E-state index contributed by atoms with van der Waals surface area (Å²) in [6.07, 6.45) is 2.69. The molecular weight excluding hydrogens is 426 g/mol. The van der Waals surface area contributed by atoms with Crippen molar-refractivity contribution in [3.63, 3.8) is 0 Å². The van der Waals surface area contributed by atoms with Crippen molar-refractivity contribution in [3.05, 3.63) is 68.0 Å². The van der Waals surface area contributed by atoms with Crippen molar-refractivity contribution >= 4 is 23.4 Å². The lowest BCUT2D eigenvalue weighted by atomic mass is 10.2. The average molecular weight is 452 g/mol. The fraction of sp³-hybridized carbons (Fsp3) is 0.476. The van der Waals surface area contributed by atoms with Crippen LogP contribution in [0.25, 0.3) is 0 Å². The lowest BCUT2D eigenvalue weighted by Gasteiger charge is -2.23. The van der Waals surface area contributed by atoms with E-state index < -0.39 is 11.4 Å². The molecule has 9 heteroatoms. The van der Waals surface area contributed by atoms with Gasteiger partial charge in [-0.3, -0.25) is 4.57 Å². The van der Waals surface area contributed by atoms with Crippen molar-refractivity contribution in [2.45, 2.75) is 50.7 Å². The maximum absolute atomic E-state index is 13.1. The van der Waals surface area contributed by atoms with Gasteiger partial charge in [0.15, 0.2) is 11.4 Å². The van der Waals surface area contributed by atoms with Crippen LogP contribution in [0.4, 0.5) is 0 Å². The minimum atomic E-state index is -0.585. The second kappa shape index (κ2) is 10.9. The number of nitrogens with zero attached hydrogens (tertiary/aromatic N) is 3. The van der Waals surface area contributed by atoms with Crippen molar-refractivity contribution in [3.8, 4) is 0 Å². The molecule has 0 N–H and O–H groups in total. The molecule has 2 aromatic rings. The Morgan fingerprint density at radius 1 is 1.30 bits per heavy atom. The molecule has 3 rings (SSSR count). The number of aromatic nitrogens is 3. The van der Waals surface area contributed by atoms with E-state index in [2.05, 4.69) is 11.6 Å². The third-order valence-electron chi connectivity index (χ3n) is 4.64. The van der Waals surface area contributed by atoms with Crippen LogP contribution in [-0.4, -0.2) is 39.4 Å². The smallest absolute Gasteiger partial charge is 0.353 e. The molecule has 1 atom stereocenters. The van der Waals surface area contributed by atoms with Crippen LogP contribution in [0.15, 0.2) is 51.2 Å². The zero-order valence-electron chi connectivity index (χ0n) is 17.0. The highest BCUT2D eigenvalue weighted by atomic mass is 35.5. The summed E-state index contributed by atoms with van der Waals surface area (Å²) in [7, 11) is 0. The Bertz CT molecular complexity index is 981. The van der Waals surface area contributed by atoms with Gasteiger partial charge in [-0.25, -0.2) is 14.2 Å². The number of thioether (sulfide) groups is 1. The second-order valence-corrected chi connectivity index (χ2v) is 8.72. The minimum absolute atomic E-state index is 0.0507. The molecule has 162 valence electrons. The summed E-state index contributed by atoms with van der Waals surface area (Å²) in [6, 6.07) is 7.23. The molecular formula is C21H26ClN3O4S. The summed E-state index contributed by atoms with van der Waals surface area (Å²) in [5, 5.41) is 1.02. The van der Waals surface area contributed by atoms with Gasteiger partial charge in [0.1, 0.15) is 0 Å². The van der Waals surface area contributed by atoms with Crippen molar-refractivity contribution in [1.82, 2.24) is 14.1 Å². The van der Waals surface area contributed by atoms with Crippen molar-refractivity contribution in [2.24, 2.45) is 0 Å². The first-order chi connectivity index (χ1) is 14.5. The van der Waals surface area contributed by atoms with E-state index in [1.807, 2.05) is 19.1 Å². The molecule has 7 nitrogen and oxygen atoms in total. The molecule has 1 aromatic heterocycles. The number of hydrogen-bond acceptors (Lipinski definition) is 6.